The van der Waals surface area contributed by atoms with Crippen molar-refractivity contribution in [1.82, 2.24) is 0 Å². The topological polar surface area (TPSA) is 57.5 Å². The third-order valence-electron chi connectivity index (χ3n) is 2.40. The SMILES string of the molecule is C[C@]1(C(=O)O)CCC[C@@H]1O. The van der Waals surface area contributed by atoms with Crippen LogP contribution >= 0.6 is 0 Å². The Morgan fingerprint density at radius 2 is 2.30 bits per heavy atom. The van der Waals surface area contributed by atoms with Gasteiger partial charge >= 0.3 is 5.97 Å². The molecule has 2 N–H and O–H groups in total. The second kappa shape index (κ2) is 2.23. The molecule has 58 valence electrons. The molecule has 0 unspecified atom stereocenters. The smallest absolute Gasteiger partial charge is 0.311 e. The molecule has 0 saturated heterocycles. The molecule has 0 spiro atoms. The first kappa shape index (κ1) is 7.54. The minimum atomic E-state index is -0.877. The van der Waals surface area contributed by atoms with Crippen LogP contribution in [0.2, 0.25) is 0 Å². The molecule has 0 aromatic heterocycles. The fourth-order valence-electron chi connectivity index (χ4n) is 1.40. The third kappa shape index (κ3) is 0.904. The number of aliphatic carboxylic acids is 1. The zero-order valence-corrected chi connectivity index (χ0v) is 6.00. The largest absolute Gasteiger partial charge is 0.481 e. The van der Waals surface area contributed by atoms with Crippen LogP contribution in [0, 0.1) is 5.41 Å². The molecular formula is C7H12O3. The van der Waals surface area contributed by atoms with E-state index in [0.29, 0.717) is 12.8 Å². The summed E-state index contributed by atoms with van der Waals surface area (Å²) in [7, 11) is 0. The van der Waals surface area contributed by atoms with Gasteiger partial charge < -0.3 is 10.2 Å². The fraction of sp³-hybridized carbons (Fsp3) is 0.857. The third-order valence-corrected chi connectivity index (χ3v) is 2.40. The summed E-state index contributed by atoms with van der Waals surface area (Å²) in [6, 6.07) is 0. The molecule has 3 heteroatoms. The van der Waals surface area contributed by atoms with E-state index < -0.39 is 17.5 Å². The highest BCUT2D eigenvalue weighted by Gasteiger charge is 2.44. The maximum absolute atomic E-state index is 10.6. The van der Waals surface area contributed by atoms with Crippen molar-refractivity contribution in [2.75, 3.05) is 0 Å². The van der Waals surface area contributed by atoms with Crippen LogP contribution in [0.25, 0.3) is 0 Å². The summed E-state index contributed by atoms with van der Waals surface area (Å²) >= 11 is 0. The van der Waals surface area contributed by atoms with E-state index in [0.717, 1.165) is 6.42 Å². The van der Waals surface area contributed by atoms with Crippen molar-refractivity contribution >= 4 is 5.97 Å². The van der Waals surface area contributed by atoms with Gasteiger partial charge in [-0.3, -0.25) is 4.79 Å². The minimum Gasteiger partial charge on any atom is -0.481 e. The van der Waals surface area contributed by atoms with Crippen LogP contribution in [0.4, 0.5) is 0 Å². The van der Waals surface area contributed by atoms with Gasteiger partial charge in [-0.15, -0.1) is 0 Å². The van der Waals surface area contributed by atoms with Crippen LogP contribution in [-0.4, -0.2) is 22.3 Å². The van der Waals surface area contributed by atoms with E-state index in [2.05, 4.69) is 0 Å². The van der Waals surface area contributed by atoms with E-state index in [9.17, 15) is 9.90 Å². The molecule has 1 saturated carbocycles. The lowest BCUT2D eigenvalue weighted by Gasteiger charge is -2.21. The van der Waals surface area contributed by atoms with Gasteiger partial charge in [-0.2, -0.15) is 0 Å². The van der Waals surface area contributed by atoms with Crippen LogP contribution in [-0.2, 0) is 4.79 Å². The first-order valence-corrected chi connectivity index (χ1v) is 3.49. The number of carbonyl (C=O) groups is 1. The lowest BCUT2D eigenvalue weighted by Crippen LogP contribution is -2.34. The van der Waals surface area contributed by atoms with Crippen LogP contribution in [0.3, 0.4) is 0 Å². The van der Waals surface area contributed by atoms with Crippen molar-refractivity contribution in [2.45, 2.75) is 32.3 Å². The fourth-order valence-corrected chi connectivity index (χ4v) is 1.40. The van der Waals surface area contributed by atoms with E-state index >= 15 is 0 Å². The lowest BCUT2D eigenvalue weighted by molar-refractivity contribution is -0.152. The zero-order valence-electron chi connectivity index (χ0n) is 6.00. The summed E-state index contributed by atoms with van der Waals surface area (Å²) in [5, 5.41) is 17.9. The predicted octanol–water partition coefficient (Wildman–Crippen LogP) is 0.622. The Hall–Kier alpha value is -0.570. The Labute approximate surface area is 59.7 Å². The molecule has 10 heavy (non-hydrogen) atoms. The molecule has 0 heterocycles. The predicted molar refractivity (Wildman–Crippen MR) is 35.6 cm³/mol. The molecule has 1 rings (SSSR count). The highest BCUT2D eigenvalue weighted by Crippen LogP contribution is 2.37. The summed E-state index contributed by atoms with van der Waals surface area (Å²) in [5.74, 6) is -0.877. The van der Waals surface area contributed by atoms with Crippen LogP contribution < -0.4 is 0 Å². The molecule has 0 aromatic carbocycles. The summed E-state index contributed by atoms with van der Waals surface area (Å²) in [5.41, 5.74) is -0.875. The van der Waals surface area contributed by atoms with Gasteiger partial charge in [0.25, 0.3) is 0 Å². The van der Waals surface area contributed by atoms with Crippen molar-refractivity contribution in [3.05, 3.63) is 0 Å². The van der Waals surface area contributed by atoms with E-state index in [1.165, 1.54) is 0 Å². The highest BCUT2D eigenvalue weighted by atomic mass is 16.4. The van der Waals surface area contributed by atoms with Gasteiger partial charge in [0.05, 0.1) is 11.5 Å². The van der Waals surface area contributed by atoms with Crippen molar-refractivity contribution in [1.29, 1.82) is 0 Å². The molecule has 0 aromatic rings. The minimum absolute atomic E-state index is 0.601. The number of carboxylic acid groups (broad SMARTS) is 1. The number of hydrogen-bond acceptors (Lipinski definition) is 2. The van der Waals surface area contributed by atoms with Crippen molar-refractivity contribution in [3.63, 3.8) is 0 Å². The van der Waals surface area contributed by atoms with Gasteiger partial charge in [0.1, 0.15) is 0 Å². The van der Waals surface area contributed by atoms with Gasteiger partial charge in [0, 0.05) is 0 Å². The molecule has 1 aliphatic rings. The molecule has 2 atom stereocenters. The molecule has 0 amide bonds. The van der Waals surface area contributed by atoms with E-state index in [1.54, 1.807) is 6.92 Å². The van der Waals surface area contributed by atoms with E-state index in [1.807, 2.05) is 0 Å². The highest BCUT2D eigenvalue weighted by molar-refractivity contribution is 5.75. The Morgan fingerprint density at radius 3 is 2.50 bits per heavy atom. The summed E-state index contributed by atoms with van der Waals surface area (Å²) in [4.78, 5) is 10.6. The maximum Gasteiger partial charge on any atom is 0.311 e. The van der Waals surface area contributed by atoms with Gasteiger partial charge in [0.15, 0.2) is 0 Å². The summed E-state index contributed by atoms with van der Waals surface area (Å²) in [6.45, 7) is 1.60. The molecule has 1 fully saturated rings. The van der Waals surface area contributed by atoms with Gasteiger partial charge in [0.2, 0.25) is 0 Å². The normalized spacial score (nSPS) is 40.0. The number of rotatable bonds is 1. The second-order valence-corrected chi connectivity index (χ2v) is 3.13. The van der Waals surface area contributed by atoms with E-state index in [-0.39, 0.29) is 0 Å². The maximum atomic E-state index is 10.6. The molecular weight excluding hydrogens is 132 g/mol. The van der Waals surface area contributed by atoms with E-state index in [4.69, 9.17) is 5.11 Å². The van der Waals surface area contributed by atoms with Gasteiger partial charge in [-0.05, 0) is 26.2 Å². The standard InChI is InChI=1S/C7H12O3/c1-7(6(9)10)4-2-3-5(7)8/h5,8H,2-4H2,1H3,(H,9,10)/t5-,7-/m0/s1. The molecule has 0 radical (unpaired) electrons. The number of aliphatic hydroxyl groups excluding tert-OH is 1. The summed E-state index contributed by atoms with van der Waals surface area (Å²) in [6.07, 6.45) is 1.40. The van der Waals surface area contributed by atoms with Gasteiger partial charge in [-0.25, -0.2) is 0 Å². The first-order valence-electron chi connectivity index (χ1n) is 3.49. The van der Waals surface area contributed by atoms with Crippen LogP contribution in [0.5, 0.6) is 0 Å². The molecule has 3 nitrogen and oxygen atoms in total. The van der Waals surface area contributed by atoms with Crippen molar-refractivity contribution in [3.8, 4) is 0 Å². The Morgan fingerprint density at radius 1 is 1.70 bits per heavy atom. The monoisotopic (exact) mass is 144 g/mol. The molecule has 0 bridgehead atoms. The quantitative estimate of drug-likeness (QED) is 0.567. The zero-order chi connectivity index (χ0) is 7.78. The van der Waals surface area contributed by atoms with Crippen LogP contribution in [0.1, 0.15) is 26.2 Å². The molecule has 0 aliphatic heterocycles. The number of hydrogen-bond donors (Lipinski definition) is 2. The van der Waals surface area contributed by atoms with Crippen LogP contribution in [0.15, 0.2) is 0 Å². The average Bonchev–Trinajstić information content (AvgIpc) is 2.15. The number of aliphatic hydroxyl groups is 1. The number of carboxylic acids is 1. The van der Waals surface area contributed by atoms with Gasteiger partial charge in [-0.1, -0.05) is 0 Å². The van der Waals surface area contributed by atoms with Crippen molar-refractivity contribution < 1.29 is 15.0 Å². The Bertz CT molecular complexity index is 155. The Balaban J connectivity index is 2.75. The Kier molecular flexibility index (Phi) is 1.68. The summed E-state index contributed by atoms with van der Waals surface area (Å²) < 4.78 is 0. The van der Waals surface area contributed by atoms with Crippen molar-refractivity contribution in [2.24, 2.45) is 5.41 Å². The first-order chi connectivity index (χ1) is 4.57. The average molecular weight is 144 g/mol. The molecule has 1 aliphatic carbocycles. The second-order valence-electron chi connectivity index (χ2n) is 3.13. The lowest BCUT2D eigenvalue weighted by atomic mass is 9.87.